The first-order chi connectivity index (χ1) is 6.70. The average Bonchev–Trinajstić information content (AvgIpc) is 2.57. The number of rotatable bonds is 2. The predicted octanol–water partition coefficient (Wildman–Crippen LogP) is 0.914. The van der Waals surface area contributed by atoms with Crippen LogP contribution in [0, 0.1) is 0 Å². The van der Waals surface area contributed by atoms with Crippen LogP contribution in [0.15, 0.2) is 24.3 Å². The second-order valence-electron chi connectivity index (χ2n) is 3.75. The zero-order valence-corrected chi connectivity index (χ0v) is 7.86. The van der Waals surface area contributed by atoms with Crippen molar-refractivity contribution in [1.82, 2.24) is 0 Å². The summed E-state index contributed by atoms with van der Waals surface area (Å²) in [7, 11) is 0. The summed E-state index contributed by atoms with van der Waals surface area (Å²) < 4.78 is 0. The van der Waals surface area contributed by atoms with E-state index in [4.69, 9.17) is 5.73 Å². The van der Waals surface area contributed by atoms with E-state index in [0.29, 0.717) is 6.42 Å². The number of benzene rings is 1. The lowest BCUT2D eigenvalue weighted by molar-refractivity contribution is -0.143. The monoisotopic (exact) mass is 191 g/mol. The Labute approximate surface area is 82.5 Å². The number of hydrogen-bond donors (Lipinski definition) is 2. The molecule has 1 aromatic carbocycles. The van der Waals surface area contributed by atoms with E-state index in [9.17, 15) is 9.90 Å². The molecule has 0 saturated carbocycles. The highest BCUT2D eigenvalue weighted by Crippen LogP contribution is 2.38. The van der Waals surface area contributed by atoms with Gasteiger partial charge in [-0.05, 0) is 24.0 Å². The Bertz CT molecular complexity index is 375. The summed E-state index contributed by atoms with van der Waals surface area (Å²) in [6.07, 6.45) is 1.44. The van der Waals surface area contributed by atoms with Crippen molar-refractivity contribution in [2.45, 2.75) is 18.3 Å². The third-order valence-corrected chi connectivity index (χ3v) is 3.11. The number of nitrogens with two attached hydrogens (primary N) is 1. The number of hydrogen-bond acceptors (Lipinski definition) is 2. The summed E-state index contributed by atoms with van der Waals surface area (Å²) in [5.41, 5.74) is 6.79. The molecule has 0 amide bonds. The zero-order chi connectivity index (χ0) is 10.2. The van der Waals surface area contributed by atoms with Crippen molar-refractivity contribution in [2.24, 2.45) is 5.73 Å². The highest BCUT2D eigenvalue weighted by molar-refractivity contribution is 5.83. The van der Waals surface area contributed by atoms with E-state index in [2.05, 4.69) is 0 Å². The van der Waals surface area contributed by atoms with Gasteiger partial charge in [0, 0.05) is 6.54 Å². The lowest BCUT2D eigenvalue weighted by Crippen LogP contribution is -2.40. The van der Waals surface area contributed by atoms with Gasteiger partial charge in [0.05, 0.1) is 0 Å². The van der Waals surface area contributed by atoms with E-state index in [1.165, 1.54) is 0 Å². The molecule has 0 bridgehead atoms. The third-order valence-electron chi connectivity index (χ3n) is 3.11. The number of carbonyl (C=O) groups is 1. The molecule has 1 aromatic rings. The van der Waals surface area contributed by atoms with Crippen molar-refractivity contribution in [1.29, 1.82) is 0 Å². The van der Waals surface area contributed by atoms with Crippen LogP contribution in [-0.4, -0.2) is 17.6 Å². The van der Waals surface area contributed by atoms with Gasteiger partial charge in [0.15, 0.2) is 0 Å². The molecule has 74 valence electrons. The van der Waals surface area contributed by atoms with Crippen molar-refractivity contribution in [3.8, 4) is 0 Å². The van der Waals surface area contributed by atoms with E-state index in [1.807, 2.05) is 24.3 Å². The fourth-order valence-corrected chi connectivity index (χ4v) is 2.21. The van der Waals surface area contributed by atoms with Crippen molar-refractivity contribution in [2.75, 3.05) is 6.54 Å². The van der Waals surface area contributed by atoms with Gasteiger partial charge in [-0.1, -0.05) is 24.3 Å². The van der Waals surface area contributed by atoms with Gasteiger partial charge in [0.1, 0.15) is 5.41 Å². The molecule has 14 heavy (non-hydrogen) atoms. The molecular formula is C11H13NO2. The van der Waals surface area contributed by atoms with Crippen molar-refractivity contribution >= 4 is 5.97 Å². The first-order valence-corrected chi connectivity index (χ1v) is 4.72. The van der Waals surface area contributed by atoms with Crippen LogP contribution in [0.25, 0.3) is 0 Å². The minimum absolute atomic E-state index is 0.180. The van der Waals surface area contributed by atoms with Crippen LogP contribution in [0.1, 0.15) is 17.5 Å². The van der Waals surface area contributed by atoms with E-state index in [-0.39, 0.29) is 6.54 Å². The van der Waals surface area contributed by atoms with Gasteiger partial charge in [0.2, 0.25) is 0 Å². The molecule has 0 aliphatic heterocycles. The molecule has 0 aromatic heterocycles. The number of carboxylic acid groups (broad SMARTS) is 1. The van der Waals surface area contributed by atoms with Crippen LogP contribution >= 0.6 is 0 Å². The summed E-state index contributed by atoms with van der Waals surface area (Å²) in [6, 6.07) is 7.67. The fraction of sp³-hybridized carbons (Fsp3) is 0.364. The summed E-state index contributed by atoms with van der Waals surface area (Å²) >= 11 is 0. The van der Waals surface area contributed by atoms with E-state index >= 15 is 0 Å². The minimum Gasteiger partial charge on any atom is -0.481 e. The van der Waals surface area contributed by atoms with Crippen LogP contribution in [0.4, 0.5) is 0 Å². The summed E-state index contributed by atoms with van der Waals surface area (Å²) in [5.74, 6) is -0.801. The van der Waals surface area contributed by atoms with Gasteiger partial charge in [-0.3, -0.25) is 4.79 Å². The molecule has 3 N–H and O–H groups in total. The maximum Gasteiger partial charge on any atom is 0.315 e. The molecule has 0 radical (unpaired) electrons. The molecule has 1 unspecified atom stereocenters. The Morgan fingerprint density at radius 3 is 2.86 bits per heavy atom. The molecule has 1 aliphatic rings. The van der Waals surface area contributed by atoms with Crippen molar-refractivity contribution < 1.29 is 9.90 Å². The molecule has 0 heterocycles. The predicted molar refractivity (Wildman–Crippen MR) is 53.1 cm³/mol. The Morgan fingerprint density at radius 2 is 2.21 bits per heavy atom. The molecule has 1 atom stereocenters. The van der Waals surface area contributed by atoms with Gasteiger partial charge < -0.3 is 10.8 Å². The highest BCUT2D eigenvalue weighted by atomic mass is 16.4. The molecule has 3 nitrogen and oxygen atoms in total. The molecule has 3 heteroatoms. The number of carboxylic acids is 1. The largest absolute Gasteiger partial charge is 0.481 e. The van der Waals surface area contributed by atoms with Gasteiger partial charge in [-0.15, -0.1) is 0 Å². The normalized spacial score (nSPS) is 24.6. The zero-order valence-electron chi connectivity index (χ0n) is 7.86. The van der Waals surface area contributed by atoms with Gasteiger partial charge in [0.25, 0.3) is 0 Å². The van der Waals surface area contributed by atoms with Crippen LogP contribution in [0.2, 0.25) is 0 Å². The van der Waals surface area contributed by atoms with E-state index in [1.54, 1.807) is 0 Å². The first kappa shape index (κ1) is 9.21. The van der Waals surface area contributed by atoms with Crippen LogP contribution < -0.4 is 5.73 Å². The van der Waals surface area contributed by atoms with Crippen molar-refractivity contribution in [3.63, 3.8) is 0 Å². The topological polar surface area (TPSA) is 63.3 Å². The molecule has 0 saturated heterocycles. The lowest BCUT2D eigenvalue weighted by Gasteiger charge is -2.23. The number of aliphatic carboxylic acids is 1. The molecule has 2 rings (SSSR count). The quantitative estimate of drug-likeness (QED) is 0.730. The minimum atomic E-state index is -0.837. The Morgan fingerprint density at radius 1 is 1.50 bits per heavy atom. The van der Waals surface area contributed by atoms with Gasteiger partial charge in [-0.2, -0.15) is 0 Å². The van der Waals surface area contributed by atoms with Gasteiger partial charge >= 0.3 is 5.97 Å². The fourth-order valence-electron chi connectivity index (χ4n) is 2.21. The maximum absolute atomic E-state index is 11.2. The Hall–Kier alpha value is -1.35. The second-order valence-corrected chi connectivity index (χ2v) is 3.75. The smallest absolute Gasteiger partial charge is 0.315 e. The summed E-state index contributed by atoms with van der Waals surface area (Å²) in [6.45, 7) is 0.180. The average molecular weight is 191 g/mol. The van der Waals surface area contributed by atoms with E-state index < -0.39 is 11.4 Å². The Balaban J connectivity index is 2.55. The molecule has 0 spiro atoms. The standard InChI is InChI=1S/C11H13NO2/c12-7-11(10(13)14)6-5-8-3-1-2-4-9(8)11/h1-4H,5-7,12H2,(H,13,14). The van der Waals surface area contributed by atoms with Crippen LogP contribution in [0.5, 0.6) is 0 Å². The van der Waals surface area contributed by atoms with Crippen molar-refractivity contribution in [3.05, 3.63) is 35.4 Å². The SMILES string of the molecule is NCC1(C(=O)O)CCc2ccccc21. The molecular weight excluding hydrogens is 178 g/mol. The summed E-state index contributed by atoms with van der Waals surface area (Å²) in [5, 5.41) is 9.23. The number of aryl methyl sites for hydroxylation is 1. The molecule has 1 aliphatic carbocycles. The molecule has 0 fully saturated rings. The van der Waals surface area contributed by atoms with Crippen LogP contribution in [-0.2, 0) is 16.6 Å². The third kappa shape index (κ3) is 1.06. The Kier molecular flexibility index (Phi) is 2.04. The van der Waals surface area contributed by atoms with Crippen LogP contribution in [0.3, 0.4) is 0 Å². The highest BCUT2D eigenvalue weighted by Gasteiger charge is 2.44. The maximum atomic E-state index is 11.2. The van der Waals surface area contributed by atoms with Gasteiger partial charge in [-0.25, -0.2) is 0 Å². The lowest BCUT2D eigenvalue weighted by atomic mass is 9.82. The second kappa shape index (κ2) is 3.10. The first-order valence-electron chi connectivity index (χ1n) is 4.72. The number of fused-ring (bicyclic) bond motifs is 1. The summed E-state index contributed by atoms with van der Waals surface area (Å²) in [4.78, 5) is 11.2. The van der Waals surface area contributed by atoms with E-state index in [0.717, 1.165) is 17.5 Å².